The molecule has 2 aliphatic rings. The SMILES string of the molecule is CN1Cc2c(S(=O)(=O)N(C)C)cc3c(c2C1)NC(=O)C3=NO. The van der Waals surface area contributed by atoms with Gasteiger partial charge in [0.1, 0.15) is 0 Å². The van der Waals surface area contributed by atoms with Gasteiger partial charge in [-0.3, -0.25) is 9.69 Å². The molecule has 2 aliphatic heterocycles. The lowest BCUT2D eigenvalue weighted by Crippen LogP contribution is -2.24. The Hall–Kier alpha value is -1.97. The van der Waals surface area contributed by atoms with Gasteiger partial charge in [-0.1, -0.05) is 5.16 Å². The molecule has 1 aromatic carbocycles. The summed E-state index contributed by atoms with van der Waals surface area (Å²) in [6.07, 6.45) is 0. The second-order valence-electron chi connectivity index (χ2n) is 5.62. The number of hydrogen-bond acceptors (Lipinski definition) is 6. The van der Waals surface area contributed by atoms with Gasteiger partial charge in [0.15, 0.2) is 5.71 Å². The molecule has 2 N–H and O–H groups in total. The van der Waals surface area contributed by atoms with Crippen molar-refractivity contribution in [3.8, 4) is 0 Å². The number of rotatable bonds is 2. The van der Waals surface area contributed by atoms with E-state index in [1.165, 1.54) is 20.2 Å². The molecular formula is C13H16N4O4S. The molecular weight excluding hydrogens is 308 g/mol. The highest BCUT2D eigenvalue weighted by molar-refractivity contribution is 7.89. The number of carbonyl (C=O) groups excluding carboxylic acids is 1. The normalized spacial score (nSPS) is 19.6. The summed E-state index contributed by atoms with van der Waals surface area (Å²) in [6, 6.07) is 1.41. The van der Waals surface area contributed by atoms with Gasteiger partial charge < -0.3 is 10.5 Å². The minimum atomic E-state index is -3.67. The third-order valence-corrected chi connectivity index (χ3v) is 5.81. The Morgan fingerprint density at radius 1 is 1.32 bits per heavy atom. The predicted octanol–water partition coefficient (Wildman–Crippen LogP) is 0.0127. The van der Waals surface area contributed by atoms with Crippen LogP contribution in [0.1, 0.15) is 16.7 Å². The summed E-state index contributed by atoms with van der Waals surface area (Å²) in [4.78, 5) is 14.0. The first-order chi connectivity index (χ1) is 10.3. The number of carbonyl (C=O) groups is 1. The van der Waals surface area contributed by atoms with Crippen LogP contribution in [-0.4, -0.2) is 55.6 Å². The van der Waals surface area contributed by atoms with Crippen LogP contribution < -0.4 is 5.32 Å². The first kappa shape index (κ1) is 14.9. The molecule has 0 aromatic heterocycles. The molecule has 0 atom stereocenters. The number of benzene rings is 1. The number of hydrogen-bond donors (Lipinski definition) is 2. The van der Waals surface area contributed by atoms with Crippen LogP contribution in [0.25, 0.3) is 0 Å². The maximum atomic E-state index is 12.6. The van der Waals surface area contributed by atoms with Crippen molar-refractivity contribution in [3.05, 3.63) is 22.8 Å². The zero-order chi connectivity index (χ0) is 16.2. The van der Waals surface area contributed by atoms with Gasteiger partial charge in [-0.05, 0) is 24.2 Å². The van der Waals surface area contributed by atoms with Crippen molar-refractivity contribution in [2.45, 2.75) is 18.0 Å². The van der Waals surface area contributed by atoms with Gasteiger partial charge in [0, 0.05) is 32.7 Å². The minimum absolute atomic E-state index is 0.147. The summed E-state index contributed by atoms with van der Waals surface area (Å²) < 4.78 is 26.3. The molecule has 118 valence electrons. The van der Waals surface area contributed by atoms with Gasteiger partial charge in [-0.2, -0.15) is 0 Å². The molecule has 0 saturated heterocycles. The molecule has 0 saturated carbocycles. The van der Waals surface area contributed by atoms with Crippen molar-refractivity contribution in [1.82, 2.24) is 9.21 Å². The highest BCUT2D eigenvalue weighted by Crippen LogP contribution is 2.39. The van der Waals surface area contributed by atoms with E-state index in [1.54, 1.807) is 0 Å². The van der Waals surface area contributed by atoms with E-state index in [1.807, 2.05) is 11.9 Å². The highest BCUT2D eigenvalue weighted by atomic mass is 32.2. The Morgan fingerprint density at radius 3 is 2.55 bits per heavy atom. The number of amides is 1. The van der Waals surface area contributed by atoms with Crippen LogP contribution in [0.5, 0.6) is 0 Å². The topological polar surface area (TPSA) is 102 Å². The van der Waals surface area contributed by atoms with Gasteiger partial charge in [-0.15, -0.1) is 0 Å². The predicted molar refractivity (Wildman–Crippen MR) is 79.4 cm³/mol. The van der Waals surface area contributed by atoms with Gasteiger partial charge in [0.25, 0.3) is 5.91 Å². The zero-order valence-electron chi connectivity index (χ0n) is 12.4. The summed E-state index contributed by atoms with van der Waals surface area (Å²) in [5.41, 5.74) is 2.13. The maximum Gasteiger partial charge on any atom is 0.278 e. The number of fused-ring (bicyclic) bond motifs is 3. The largest absolute Gasteiger partial charge is 0.410 e. The van der Waals surface area contributed by atoms with Crippen molar-refractivity contribution in [3.63, 3.8) is 0 Å². The molecule has 0 aliphatic carbocycles. The summed E-state index contributed by atoms with van der Waals surface area (Å²) in [6.45, 7) is 1.000. The van der Waals surface area contributed by atoms with Crippen LogP contribution in [0.3, 0.4) is 0 Å². The van der Waals surface area contributed by atoms with Crippen molar-refractivity contribution in [2.75, 3.05) is 26.5 Å². The van der Waals surface area contributed by atoms with E-state index in [9.17, 15) is 13.2 Å². The van der Waals surface area contributed by atoms with Crippen molar-refractivity contribution >= 4 is 27.3 Å². The molecule has 0 spiro atoms. The lowest BCUT2D eigenvalue weighted by Gasteiger charge is -2.16. The quantitative estimate of drug-likeness (QED) is 0.589. The Labute approximate surface area is 128 Å². The molecule has 3 rings (SSSR count). The number of nitrogens with one attached hydrogen (secondary N) is 1. The van der Waals surface area contributed by atoms with E-state index in [0.717, 1.165) is 9.87 Å². The molecule has 22 heavy (non-hydrogen) atoms. The Kier molecular flexibility index (Phi) is 3.24. The van der Waals surface area contributed by atoms with Crippen LogP contribution in [0.15, 0.2) is 16.1 Å². The molecule has 0 bridgehead atoms. The first-order valence-corrected chi connectivity index (χ1v) is 8.05. The van der Waals surface area contributed by atoms with Crippen molar-refractivity contribution in [1.29, 1.82) is 0 Å². The Bertz CT molecular complexity index is 814. The third kappa shape index (κ3) is 1.93. The fourth-order valence-electron chi connectivity index (χ4n) is 2.85. The fraction of sp³-hybridized carbons (Fsp3) is 0.385. The van der Waals surface area contributed by atoms with E-state index in [4.69, 9.17) is 5.21 Å². The molecule has 8 nitrogen and oxygen atoms in total. The maximum absolute atomic E-state index is 12.6. The zero-order valence-corrected chi connectivity index (χ0v) is 13.2. The molecule has 1 amide bonds. The molecule has 0 unspecified atom stereocenters. The first-order valence-electron chi connectivity index (χ1n) is 6.61. The molecule has 1 aromatic rings. The lowest BCUT2D eigenvalue weighted by molar-refractivity contribution is -0.110. The van der Waals surface area contributed by atoms with Crippen molar-refractivity contribution in [2.24, 2.45) is 5.16 Å². The lowest BCUT2D eigenvalue weighted by atomic mass is 10.0. The van der Waals surface area contributed by atoms with Crippen LogP contribution in [0, 0.1) is 0 Å². The molecule has 2 heterocycles. The number of sulfonamides is 1. The number of nitrogens with zero attached hydrogens (tertiary/aromatic N) is 3. The minimum Gasteiger partial charge on any atom is -0.410 e. The molecule has 9 heteroatoms. The van der Waals surface area contributed by atoms with Gasteiger partial charge in [-0.25, -0.2) is 12.7 Å². The van der Waals surface area contributed by atoms with Crippen LogP contribution in [-0.2, 0) is 27.9 Å². The number of anilines is 1. The van der Waals surface area contributed by atoms with Gasteiger partial charge >= 0.3 is 0 Å². The van der Waals surface area contributed by atoms with Crippen LogP contribution in [0.4, 0.5) is 5.69 Å². The van der Waals surface area contributed by atoms with Gasteiger partial charge in [0.05, 0.1) is 10.6 Å². The Balaban J connectivity index is 2.34. The average Bonchev–Trinajstić information content (AvgIpc) is 2.96. The smallest absolute Gasteiger partial charge is 0.278 e. The monoisotopic (exact) mass is 324 g/mol. The van der Waals surface area contributed by atoms with Crippen LogP contribution >= 0.6 is 0 Å². The second-order valence-corrected chi connectivity index (χ2v) is 7.74. The standard InChI is InChI=1S/C13H16N4O4S/c1-16(2)22(20,21)10-4-7-11(14-13(18)12(7)15-19)9-6-17(3)5-8(9)10/h4,19H,5-6H2,1-3H3,(H,14,15,18). The molecule has 0 fully saturated rings. The third-order valence-electron chi connectivity index (χ3n) is 3.93. The Morgan fingerprint density at radius 2 is 1.95 bits per heavy atom. The van der Waals surface area contributed by atoms with Gasteiger partial charge in [0.2, 0.25) is 10.0 Å². The second kappa shape index (κ2) is 4.77. The fourth-order valence-corrected chi connectivity index (χ4v) is 4.01. The summed E-state index contributed by atoms with van der Waals surface area (Å²) in [5, 5.41) is 14.7. The van der Waals surface area contributed by atoms with E-state index >= 15 is 0 Å². The van der Waals surface area contributed by atoms with Crippen LogP contribution in [0.2, 0.25) is 0 Å². The summed E-state index contributed by atoms with van der Waals surface area (Å²) in [7, 11) is 1.12. The van der Waals surface area contributed by atoms with E-state index in [2.05, 4.69) is 10.5 Å². The average molecular weight is 324 g/mol. The summed E-state index contributed by atoms with van der Waals surface area (Å²) in [5.74, 6) is -0.534. The van der Waals surface area contributed by atoms with E-state index in [-0.39, 0.29) is 10.6 Å². The highest BCUT2D eigenvalue weighted by Gasteiger charge is 2.37. The summed E-state index contributed by atoms with van der Waals surface area (Å²) >= 11 is 0. The van der Waals surface area contributed by atoms with E-state index < -0.39 is 15.9 Å². The van der Waals surface area contributed by atoms with E-state index in [0.29, 0.717) is 29.9 Å². The van der Waals surface area contributed by atoms with Crippen molar-refractivity contribution < 1.29 is 18.4 Å². The number of oxime groups is 1. The molecule has 0 radical (unpaired) electrons.